The lowest BCUT2D eigenvalue weighted by atomic mass is 9.99. The van der Waals surface area contributed by atoms with Gasteiger partial charge in [0, 0.05) is 16.2 Å². The Balaban J connectivity index is 2.20. The molecule has 2 aliphatic heterocycles. The predicted molar refractivity (Wildman–Crippen MR) is 60.7 cm³/mol. The van der Waals surface area contributed by atoms with Crippen LogP contribution < -0.4 is 0 Å². The van der Waals surface area contributed by atoms with Crippen molar-refractivity contribution in [2.75, 3.05) is 13.2 Å². The Kier molecular flexibility index (Phi) is 3.77. The van der Waals surface area contributed by atoms with Gasteiger partial charge in [0.05, 0.1) is 31.4 Å². The fourth-order valence-electron chi connectivity index (χ4n) is 2.30. The smallest absolute Gasteiger partial charge is 0.366 e. The van der Waals surface area contributed by atoms with Crippen LogP contribution in [0.1, 0.15) is 13.3 Å². The average Bonchev–Trinajstić information content (AvgIpc) is 2.93. The molecule has 2 saturated heterocycles. The van der Waals surface area contributed by atoms with Gasteiger partial charge in [-0.1, -0.05) is 10.2 Å². The normalized spacial score (nSPS) is 35.3. The Hall–Kier alpha value is -1.99. The lowest BCUT2D eigenvalue weighted by Gasteiger charge is -2.27. The van der Waals surface area contributed by atoms with E-state index in [0.29, 0.717) is 0 Å². The van der Waals surface area contributed by atoms with Crippen molar-refractivity contribution in [3.63, 3.8) is 0 Å². The molecule has 0 aromatic carbocycles. The summed E-state index contributed by atoms with van der Waals surface area (Å²) in [4.78, 5) is 17.2. The standard InChI is InChI=1S/C9H12N6O4/c1-2-17-8(16)9-3-5(13-15-11)7(19-9)6(18-9)4-12-14-10/h5-7H,2-4H2,1H3. The maximum absolute atomic E-state index is 11.9. The molecule has 0 amide bonds. The highest BCUT2D eigenvalue weighted by Gasteiger charge is 2.63. The molecular formula is C9H12N6O4. The highest BCUT2D eigenvalue weighted by Crippen LogP contribution is 2.44. The van der Waals surface area contributed by atoms with Gasteiger partial charge in [0.2, 0.25) is 0 Å². The van der Waals surface area contributed by atoms with Crippen LogP contribution in [-0.2, 0) is 19.0 Å². The Morgan fingerprint density at radius 3 is 2.89 bits per heavy atom. The molecule has 0 aromatic rings. The van der Waals surface area contributed by atoms with Gasteiger partial charge in [0.15, 0.2) is 0 Å². The molecule has 2 fully saturated rings. The van der Waals surface area contributed by atoms with E-state index in [-0.39, 0.29) is 19.6 Å². The van der Waals surface area contributed by atoms with E-state index >= 15 is 0 Å². The molecule has 19 heavy (non-hydrogen) atoms. The number of nitrogens with zero attached hydrogens (tertiary/aromatic N) is 6. The molecule has 2 aliphatic rings. The molecule has 4 atom stereocenters. The first-order valence-electron chi connectivity index (χ1n) is 5.74. The molecule has 102 valence electrons. The van der Waals surface area contributed by atoms with Gasteiger partial charge in [-0.3, -0.25) is 0 Å². The summed E-state index contributed by atoms with van der Waals surface area (Å²) in [7, 11) is 0. The number of azide groups is 2. The molecule has 0 radical (unpaired) electrons. The number of carbonyl (C=O) groups is 1. The average molecular weight is 268 g/mol. The quantitative estimate of drug-likeness (QED) is 0.321. The highest BCUT2D eigenvalue weighted by molar-refractivity contribution is 5.79. The van der Waals surface area contributed by atoms with Gasteiger partial charge in [0.1, 0.15) is 0 Å². The summed E-state index contributed by atoms with van der Waals surface area (Å²) >= 11 is 0. The van der Waals surface area contributed by atoms with Gasteiger partial charge in [-0.05, 0) is 18.0 Å². The van der Waals surface area contributed by atoms with E-state index in [4.69, 9.17) is 25.3 Å². The molecule has 0 saturated carbocycles. The second-order valence-electron chi connectivity index (χ2n) is 4.10. The Bertz CT molecular complexity index is 467. The van der Waals surface area contributed by atoms with E-state index < -0.39 is 30.0 Å². The zero-order chi connectivity index (χ0) is 13.9. The third-order valence-electron chi connectivity index (χ3n) is 3.00. The van der Waals surface area contributed by atoms with E-state index in [0.717, 1.165) is 0 Å². The van der Waals surface area contributed by atoms with Crippen LogP contribution in [0.15, 0.2) is 10.2 Å². The fraction of sp³-hybridized carbons (Fsp3) is 0.889. The lowest BCUT2D eigenvalue weighted by molar-refractivity contribution is -0.206. The zero-order valence-corrected chi connectivity index (χ0v) is 10.2. The number of esters is 1. The molecule has 4 unspecified atom stereocenters. The molecule has 0 aromatic heterocycles. The van der Waals surface area contributed by atoms with Gasteiger partial charge in [-0.25, -0.2) is 4.79 Å². The van der Waals surface area contributed by atoms with Crippen molar-refractivity contribution in [1.82, 2.24) is 0 Å². The summed E-state index contributed by atoms with van der Waals surface area (Å²) in [6, 6.07) is -0.540. The predicted octanol–water partition coefficient (Wildman–Crippen LogP) is 1.42. The zero-order valence-electron chi connectivity index (χ0n) is 10.2. The van der Waals surface area contributed by atoms with E-state index in [9.17, 15) is 4.79 Å². The summed E-state index contributed by atoms with van der Waals surface area (Å²) in [5, 5.41) is 6.98. The van der Waals surface area contributed by atoms with Crippen LogP contribution in [0.2, 0.25) is 0 Å². The topological polar surface area (TPSA) is 142 Å². The van der Waals surface area contributed by atoms with E-state index in [1.165, 1.54) is 0 Å². The van der Waals surface area contributed by atoms with Crippen molar-refractivity contribution in [2.45, 2.75) is 37.4 Å². The van der Waals surface area contributed by atoms with Crippen LogP contribution in [0.25, 0.3) is 20.9 Å². The van der Waals surface area contributed by atoms with E-state index in [1.54, 1.807) is 6.92 Å². The van der Waals surface area contributed by atoms with Crippen LogP contribution >= 0.6 is 0 Å². The maximum atomic E-state index is 11.9. The third-order valence-corrected chi connectivity index (χ3v) is 3.00. The summed E-state index contributed by atoms with van der Waals surface area (Å²) in [5.41, 5.74) is 16.8. The number of hydrogen-bond acceptors (Lipinski definition) is 6. The fourth-order valence-corrected chi connectivity index (χ4v) is 2.30. The molecule has 0 aliphatic carbocycles. The molecular weight excluding hydrogens is 256 g/mol. The summed E-state index contributed by atoms with van der Waals surface area (Å²) in [6.45, 7) is 1.85. The van der Waals surface area contributed by atoms with E-state index in [1.807, 2.05) is 0 Å². The van der Waals surface area contributed by atoms with Gasteiger partial charge in [-0.2, -0.15) is 0 Å². The Labute approximate surface area is 107 Å². The second-order valence-corrected chi connectivity index (χ2v) is 4.10. The number of carbonyl (C=O) groups excluding carboxylic acids is 1. The first-order valence-corrected chi connectivity index (χ1v) is 5.74. The lowest BCUT2D eigenvalue weighted by Crippen LogP contribution is -2.45. The van der Waals surface area contributed by atoms with Gasteiger partial charge < -0.3 is 14.2 Å². The summed E-state index contributed by atoms with van der Waals surface area (Å²) in [5.74, 6) is -2.20. The van der Waals surface area contributed by atoms with Crippen LogP contribution in [0.5, 0.6) is 0 Å². The van der Waals surface area contributed by atoms with Crippen LogP contribution in [0.3, 0.4) is 0 Å². The van der Waals surface area contributed by atoms with Crippen molar-refractivity contribution in [2.24, 2.45) is 10.2 Å². The molecule has 2 heterocycles. The Morgan fingerprint density at radius 2 is 2.26 bits per heavy atom. The number of rotatable bonds is 5. The van der Waals surface area contributed by atoms with Gasteiger partial charge in [-0.15, -0.1) is 0 Å². The van der Waals surface area contributed by atoms with Crippen molar-refractivity contribution >= 4 is 5.97 Å². The minimum absolute atomic E-state index is 0.000228. The summed E-state index contributed by atoms with van der Waals surface area (Å²) < 4.78 is 15.9. The molecule has 10 heteroatoms. The molecule has 2 rings (SSSR count). The molecule has 0 spiro atoms. The molecule has 0 N–H and O–H groups in total. The molecule has 10 nitrogen and oxygen atoms in total. The first-order chi connectivity index (χ1) is 9.16. The largest absolute Gasteiger partial charge is 0.462 e. The minimum atomic E-state index is -1.55. The SMILES string of the molecule is CCOC(=O)C12CC(N=[N+]=[N-])C(O1)C(CN=[N+]=[N-])O2. The number of fused-ring (bicyclic) bond motifs is 2. The number of ether oxygens (including phenoxy) is 3. The van der Waals surface area contributed by atoms with Gasteiger partial charge in [0.25, 0.3) is 5.79 Å². The monoisotopic (exact) mass is 268 g/mol. The van der Waals surface area contributed by atoms with Gasteiger partial charge >= 0.3 is 5.97 Å². The summed E-state index contributed by atoms with van der Waals surface area (Å²) in [6.07, 6.45) is -1.12. The third kappa shape index (κ3) is 2.29. The molecule has 2 bridgehead atoms. The van der Waals surface area contributed by atoms with Crippen molar-refractivity contribution in [3.05, 3.63) is 20.9 Å². The highest BCUT2D eigenvalue weighted by atomic mass is 16.8. The van der Waals surface area contributed by atoms with Crippen molar-refractivity contribution in [3.8, 4) is 0 Å². The first kappa shape index (κ1) is 13.4. The van der Waals surface area contributed by atoms with Crippen LogP contribution in [0.4, 0.5) is 0 Å². The Morgan fingerprint density at radius 1 is 1.47 bits per heavy atom. The van der Waals surface area contributed by atoms with Crippen LogP contribution in [0, 0.1) is 0 Å². The minimum Gasteiger partial charge on any atom is -0.462 e. The van der Waals surface area contributed by atoms with Crippen molar-refractivity contribution < 1.29 is 19.0 Å². The van der Waals surface area contributed by atoms with Crippen LogP contribution in [-0.4, -0.2) is 43.2 Å². The van der Waals surface area contributed by atoms with Crippen molar-refractivity contribution in [1.29, 1.82) is 0 Å². The van der Waals surface area contributed by atoms with E-state index in [2.05, 4.69) is 20.1 Å². The second kappa shape index (κ2) is 5.33. The number of hydrogen-bond donors (Lipinski definition) is 0. The maximum Gasteiger partial charge on any atom is 0.366 e.